The SMILES string of the molecule is Cc1c(S)cc(CN=[N+]=[N-])c(C)c1[B-](F)(F)F.[K+]. The topological polar surface area (TPSA) is 48.8 Å². The number of azide groups is 1. The van der Waals surface area contributed by atoms with Crippen LogP contribution in [0, 0.1) is 13.8 Å². The van der Waals surface area contributed by atoms with E-state index >= 15 is 0 Å². The molecule has 0 atom stereocenters. The third kappa shape index (κ3) is 4.19. The zero-order valence-electron chi connectivity index (χ0n) is 10.3. The molecule has 0 aliphatic rings. The number of halogens is 3. The molecule has 0 heterocycles. The summed E-state index contributed by atoms with van der Waals surface area (Å²) in [6.45, 7) is -2.43. The summed E-state index contributed by atoms with van der Waals surface area (Å²) in [7, 11) is 0. The zero-order chi connectivity index (χ0) is 13.2. The normalized spacial score (nSPS) is 10.6. The number of benzene rings is 1. The third-order valence-electron chi connectivity index (χ3n) is 2.62. The van der Waals surface area contributed by atoms with Crippen LogP contribution in [0.3, 0.4) is 0 Å². The predicted octanol–water partition coefficient (Wildman–Crippen LogP) is 0.461. The van der Waals surface area contributed by atoms with Gasteiger partial charge in [-0.15, -0.1) is 18.1 Å². The van der Waals surface area contributed by atoms with Crippen LogP contribution in [0.5, 0.6) is 0 Å². The van der Waals surface area contributed by atoms with Crippen LogP contribution in [0.1, 0.15) is 16.7 Å². The van der Waals surface area contributed by atoms with Crippen molar-refractivity contribution in [3.63, 3.8) is 0 Å². The molecule has 0 fully saturated rings. The quantitative estimate of drug-likeness (QED) is 0.277. The molecule has 0 saturated carbocycles. The average molecular weight is 299 g/mol. The van der Waals surface area contributed by atoms with Crippen LogP contribution >= 0.6 is 12.6 Å². The van der Waals surface area contributed by atoms with Crippen LogP contribution in [-0.2, 0) is 6.54 Å². The second kappa shape index (κ2) is 7.23. The Kier molecular flexibility index (Phi) is 7.38. The van der Waals surface area contributed by atoms with Crippen LogP contribution in [0.15, 0.2) is 16.1 Å². The third-order valence-corrected chi connectivity index (χ3v) is 3.08. The first-order valence-electron chi connectivity index (χ1n) is 4.81. The molecule has 0 spiro atoms. The molecule has 0 bridgehead atoms. The molecule has 1 rings (SSSR count). The fraction of sp³-hybridized carbons (Fsp3) is 0.333. The van der Waals surface area contributed by atoms with Gasteiger partial charge in [-0.1, -0.05) is 16.2 Å². The van der Waals surface area contributed by atoms with Crippen molar-refractivity contribution in [3.05, 3.63) is 33.2 Å². The van der Waals surface area contributed by atoms with Gasteiger partial charge in [0.25, 0.3) is 0 Å². The Labute approximate surface area is 151 Å². The molecule has 1 aromatic rings. The standard InChI is InChI=1S/C9H10BF3N3S.K/c1-5-7(4-15-16-14)3-8(17)6(2)9(5)10(11,12)13;/h3,17H,4H2,1-2H3;/q-1;+1. The summed E-state index contributed by atoms with van der Waals surface area (Å²) in [4.78, 5) is 2.80. The second-order valence-corrected chi connectivity index (χ2v) is 4.16. The Bertz CT molecular complexity index is 501. The van der Waals surface area contributed by atoms with Gasteiger partial charge in [0.1, 0.15) is 0 Å². The monoisotopic (exact) mass is 299 g/mol. The van der Waals surface area contributed by atoms with Crippen molar-refractivity contribution in [2.24, 2.45) is 5.11 Å². The molecule has 92 valence electrons. The number of thiol groups is 1. The summed E-state index contributed by atoms with van der Waals surface area (Å²) in [6.07, 6.45) is 0. The van der Waals surface area contributed by atoms with Gasteiger partial charge in [-0.2, -0.15) is 0 Å². The summed E-state index contributed by atoms with van der Waals surface area (Å²) in [5.41, 5.74) is 8.13. The fourth-order valence-electron chi connectivity index (χ4n) is 1.74. The molecule has 0 radical (unpaired) electrons. The predicted molar refractivity (Wildman–Crippen MR) is 64.7 cm³/mol. The Morgan fingerprint density at radius 2 is 1.89 bits per heavy atom. The number of nitrogens with zero attached hydrogens (tertiary/aromatic N) is 3. The van der Waals surface area contributed by atoms with E-state index in [-0.39, 0.29) is 74.0 Å². The largest absolute Gasteiger partial charge is 1.00 e. The van der Waals surface area contributed by atoms with Crippen molar-refractivity contribution < 1.29 is 64.3 Å². The summed E-state index contributed by atoms with van der Waals surface area (Å²) >= 11 is 4.01. The molecule has 0 aliphatic heterocycles. The second-order valence-electron chi connectivity index (χ2n) is 3.68. The number of rotatable bonds is 3. The van der Waals surface area contributed by atoms with Gasteiger partial charge in [-0.05, 0) is 31.0 Å². The molecule has 9 heteroatoms. The number of hydrogen-bond acceptors (Lipinski definition) is 2. The Morgan fingerprint density at radius 3 is 2.33 bits per heavy atom. The molecular weight excluding hydrogens is 289 g/mol. The summed E-state index contributed by atoms with van der Waals surface area (Å²) in [5, 5.41) is 3.28. The minimum atomic E-state index is -5.10. The van der Waals surface area contributed by atoms with Gasteiger partial charge < -0.3 is 12.9 Å². The minimum absolute atomic E-state index is 0. The Hall–Kier alpha value is 0.371. The van der Waals surface area contributed by atoms with E-state index in [4.69, 9.17) is 5.53 Å². The Morgan fingerprint density at radius 1 is 1.33 bits per heavy atom. The zero-order valence-corrected chi connectivity index (χ0v) is 14.3. The average Bonchev–Trinajstić information content (AvgIpc) is 2.20. The Balaban J connectivity index is 0.00000289. The molecule has 0 aromatic heterocycles. The molecule has 0 saturated heterocycles. The van der Waals surface area contributed by atoms with Gasteiger partial charge in [0, 0.05) is 9.81 Å². The molecule has 0 unspecified atom stereocenters. The van der Waals surface area contributed by atoms with Crippen molar-refractivity contribution in [2.45, 2.75) is 25.3 Å². The molecule has 18 heavy (non-hydrogen) atoms. The van der Waals surface area contributed by atoms with E-state index in [2.05, 4.69) is 22.7 Å². The van der Waals surface area contributed by atoms with E-state index in [1.165, 1.54) is 19.9 Å². The van der Waals surface area contributed by atoms with Crippen molar-refractivity contribution in [3.8, 4) is 0 Å². The maximum Gasteiger partial charge on any atom is 1.00 e. The first kappa shape index (κ1) is 18.4. The summed E-state index contributed by atoms with van der Waals surface area (Å²) < 4.78 is 38.8. The van der Waals surface area contributed by atoms with E-state index < -0.39 is 12.4 Å². The maximum atomic E-state index is 12.9. The van der Waals surface area contributed by atoms with E-state index in [1.807, 2.05) is 0 Å². The van der Waals surface area contributed by atoms with E-state index in [9.17, 15) is 12.9 Å². The van der Waals surface area contributed by atoms with Crippen LogP contribution in [0.4, 0.5) is 12.9 Å². The van der Waals surface area contributed by atoms with Crippen LogP contribution in [-0.4, -0.2) is 6.98 Å². The first-order valence-corrected chi connectivity index (χ1v) is 5.26. The summed E-state index contributed by atoms with van der Waals surface area (Å²) in [6, 6.07) is 1.51. The molecule has 0 aliphatic carbocycles. The van der Waals surface area contributed by atoms with Gasteiger partial charge in [-0.25, -0.2) is 0 Å². The van der Waals surface area contributed by atoms with E-state index in [0.717, 1.165) is 0 Å². The van der Waals surface area contributed by atoms with Gasteiger partial charge in [0.05, 0.1) is 6.54 Å². The molecular formula is C9H10BF3KN3S. The van der Waals surface area contributed by atoms with Crippen molar-refractivity contribution >= 4 is 25.1 Å². The van der Waals surface area contributed by atoms with Crippen molar-refractivity contribution in [1.82, 2.24) is 0 Å². The van der Waals surface area contributed by atoms with Gasteiger partial charge in [0.2, 0.25) is 0 Å². The van der Waals surface area contributed by atoms with Crippen molar-refractivity contribution in [2.75, 3.05) is 0 Å². The minimum Gasteiger partial charge on any atom is -0.445 e. The molecule has 3 nitrogen and oxygen atoms in total. The van der Waals surface area contributed by atoms with E-state index in [1.54, 1.807) is 0 Å². The van der Waals surface area contributed by atoms with Gasteiger partial charge in [0.15, 0.2) is 0 Å². The molecule has 0 amide bonds. The number of hydrogen-bond donors (Lipinski definition) is 1. The fourth-order valence-corrected chi connectivity index (χ4v) is 2.01. The van der Waals surface area contributed by atoms with Crippen molar-refractivity contribution in [1.29, 1.82) is 0 Å². The van der Waals surface area contributed by atoms with Gasteiger partial charge in [-0.3, -0.25) is 0 Å². The van der Waals surface area contributed by atoms with E-state index in [0.29, 0.717) is 5.56 Å². The smallest absolute Gasteiger partial charge is 0.445 e. The summed E-state index contributed by atoms with van der Waals surface area (Å²) in [5.74, 6) is 0. The maximum absolute atomic E-state index is 12.9. The van der Waals surface area contributed by atoms with Crippen LogP contribution < -0.4 is 56.8 Å². The van der Waals surface area contributed by atoms with Crippen LogP contribution in [0.2, 0.25) is 0 Å². The molecule has 1 aromatic carbocycles. The molecule has 0 N–H and O–H groups in total. The van der Waals surface area contributed by atoms with Gasteiger partial charge >= 0.3 is 58.4 Å². The first-order chi connectivity index (χ1) is 7.79. The van der Waals surface area contributed by atoms with Crippen LogP contribution in [0.25, 0.3) is 10.4 Å².